The van der Waals surface area contributed by atoms with Gasteiger partial charge in [0.2, 0.25) is 11.8 Å². The molecule has 9 heteroatoms. The first-order valence-electron chi connectivity index (χ1n) is 9.12. The first kappa shape index (κ1) is 25.7. The van der Waals surface area contributed by atoms with Crippen LogP contribution in [-0.4, -0.2) is 95.0 Å². The summed E-state index contributed by atoms with van der Waals surface area (Å²) in [6.07, 6.45) is 1.05. The third-order valence-corrected chi connectivity index (χ3v) is 5.32. The molecule has 27 heavy (non-hydrogen) atoms. The van der Waals surface area contributed by atoms with Gasteiger partial charge >= 0.3 is 0 Å². The van der Waals surface area contributed by atoms with Gasteiger partial charge < -0.3 is 25.5 Å². The molecule has 0 saturated carbocycles. The van der Waals surface area contributed by atoms with E-state index in [2.05, 4.69) is 0 Å². The standard InChI is InChI=1S/C18H36N4O4S/c1-8-9-14(23)22(7)17(27-11-10-20(4)5)16(25)21(6)13(15(19)24)12-18(2,3)26/h13,17,26H,8-12H2,1-7H3,(H2,19,24)/t13-,17-/m0/s1. The molecule has 0 aliphatic heterocycles. The third-order valence-electron chi connectivity index (χ3n) is 4.07. The lowest BCUT2D eigenvalue weighted by Crippen LogP contribution is -2.54. The Morgan fingerprint density at radius 3 is 2.07 bits per heavy atom. The molecule has 0 spiro atoms. The molecule has 0 heterocycles. The molecule has 158 valence electrons. The van der Waals surface area contributed by atoms with E-state index in [0.29, 0.717) is 18.6 Å². The average Bonchev–Trinajstić information content (AvgIpc) is 2.53. The molecule has 8 nitrogen and oxygen atoms in total. The van der Waals surface area contributed by atoms with Crippen LogP contribution in [0.1, 0.15) is 40.0 Å². The van der Waals surface area contributed by atoms with Gasteiger partial charge in [0.15, 0.2) is 5.37 Å². The minimum absolute atomic E-state index is 0.0201. The van der Waals surface area contributed by atoms with E-state index in [-0.39, 0.29) is 18.2 Å². The van der Waals surface area contributed by atoms with Gasteiger partial charge in [-0.25, -0.2) is 0 Å². The second-order valence-corrected chi connectivity index (χ2v) is 8.85. The molecule has 0 aliphatic rings. The molecule has 3 N–H and O–H groups in total. The SMILES string of the molecule is CCCC(=O)N(C)[C@@H](SCCN(C)C)C(=O)N(C)[C@@H](CC(C)(C)O)C(N)=O. The van der Waals surface area contributed by atoms with Gasteiger partial charge in [0.1, 0.15) is 6.04 Å². The molecule has 0 saturated heterocycles. The monoisotopic (exact) mass is 404 g/mol. The normalized spacial score (nSPS) is 14.0. The Morgan fingerprint density at radius 1 is 1.11 bits per heavy atom. The molecule has 0 rings (SSSR count). The van der Waals surface area contributed by atoms with E-state index < -0.39 is 22.9 Å². The first-order valence-corrected chi connectivity index (χ1v) is 10.2. The van der Waals surface area contributed by atoms with E-state index in [1.807, 2.05) is 25.9 Å². The van der Waals surface area contributed by atoms with Gasteiger partial charge in [-0.2, -0.15) is 0 Å². The smallest absolute Gasteiger partial charge is 0.256 e. The number of carbonyl (C=O) groups excluding carboxylic acids is 3. The number of hydrogen-bond donors (Lipinski definition) is 2. The van der Waals surface area contributed by atoms with Gasteiger partial charge in [0.25, 0.3) is 5.91 Å². The fourth-order valence-electron chi connectivity index (χ4n) is 2.45. The highest BCUT2D eigenvalue weighted by atomic mass is 32.2. The van der Waals surface area contributed by atoms with E-state index in [0.717, 1.165) is 6.54 Å². The number of likely N-dealkylation sites (N-methyl/N-ethyl adjacent to an activating group) is 2. The predicted octanol–water partition coefficient (Wildman–Crippen LogP) is 0.339. The summed E-state index contributed by atoms with van der Waals surface area (Å²) in [5.74, 6) is -0.542. The van der Waals surface area contributed by atoms with Crippen LogP contribution in [0.2, 0.25) is 0 Å². The predicted molar refractivity (Wildman–Crippen MR) is 109 cm³/mol. The van der Waals surface area contributed by atoms with Crippen LogP contribution in [0.5, 0.6) is 0 Å². The minimum atomic E-state index is -1.16. The number of carbonyl (C=O) groups is 3. The van der Waals surface area contributed by atoms with Crippen LogP contribution in [0.4, 0.5) is 0 Å². The zero-order valence-corrected chi connectivity index (χ0v) is 18.5. The van der Waals surface area contributed by atoms with Crippen molar-refractivity contribution in [3.05, 3.63) is 0 Å². The fraction of sp³-hybridized carbons (Fsp3) is 0.833. The Morgan fingerprint density at radius 2 is 1.67 bits per heavy atom. The average molecular weight is 405 g/mol. The lowest BCUT2D eigenvalue weighted by Gasteiger charge is -2.35. The second-order valence-electron chi connectivity index (χ2n) is 7.66. The van der Waals surface area contributed by atoms with Gasteiger partial charge in [-0.3, -0.25) is 14.4 Å². The number of rotatable bonds is 12. The summed E-state index contributed by atoms with van der Waals surface area (Å²) < 4.78 is 0. The molecule has 0 unspecified atom stereocenters. The van der Waals surface area contributed by atoms with Crippen molar-refractivity contribution in [2.75, 3.05) is 40.5 Å². The fourth-order valence-corrected chi connectivity index (χ4v) is 3.79. The number of hydrogen-bond acceptors (Lipinski definition) is 6. The van der Waals surface area contributed by atoms with Crippen LogP contribution in [0.3, 0.4) is 0 Å². The van der Waals surface area contributed by atoms with Gasteiger partial charge in [-0.05, 0) is 34.4 Å². The summed E-state index contributed by atoms with van der Waals surface area (Å²) in [5.41, 5.74) is 4.31. The largest absolute Gasteiger partial charge is 0.390 e. The molecule has 0 radical (unpaired) electrons. The number of primary amides is 1. The number of aliphatic hydroxyl groups is 1. The molecule has 0 aromatic carbocycles. The topological polar surface area (TPSA) is 107 Å². The highest BCUT2D eigenvalue weighted by Gasteiger charge is 2.36. The Bertz CT molecular complexity index is 508. The van der Waals surface area contributed by atoms with E-state index in [1.54, 1.807) is 20.9 Å². The third kappa shape index (κ3) is 9.44. The van der Waals surface area contributed by atoms with Crippen molar-refractivity contribution in [3.63, 3.8) is 0 Å². The van der Waals surface area contributed by atoms with Crippen LogP contribution in [-0.2, 0) is 14.4 Å². The highest BCUT2D eigenvalue weighted by molar-refractivity contribution is 8.00. The maximum atomic E-state index is 13.1. The second kappa shape index (κ2) is 11.5. The van der Waals surface area contributed by atoms with Crippen molar-refractivity contribution in [3.8, 4) is 0 Å². The lowest BCUT2D eigenvalue weighted by atomic mass is 9.97. The van der Waals surface area contributed by atoms with Crippen molar-refractivity contribution in [1.29, 1.82) is 0 Å². The van der Waals surface area contributed by atoms with E-state index in [9.17, 15) is 19.5 Å². The quantitative estimate of drug-likeness (QED) is 0.454. The molecular weight excluding hydrogens is 368 g/mol. The summed E-state index contributed by atoms with van der Waals surface area (Å²) in [5, 5.41) is 9.30. The number of amides is 3. The van der Waals surface area contributed by atoms with E-state index in [4.69, 9.17) is 5.73 Å². The van der Waals surface area contributed by atoms with Crippen molar-refractivity contribution >= 4 is 29.5 Å². The van der Waals surface area contributed by atoms with Crippen molar-refractivity contribution < 1.29 is 19.5 Å². The molecule has 0 aliphatic carbocycles. The minimum Gasteiger partial charge on any atom is -0.390 e. The van der Waals surface area contributed by atoms with Crippen LogP contribution < -0.4 is 5.73 Å². The van der Waals surface area contributed by atoms with Crippen LogP contribution >= 0.6 is 11.8 Å². The number of nitrogens with zero attached hydrogens (tertiary/aromatic N) is 3. The molecule has 2 atom stereocenters. The van der Waals surface area contributed by atoms with Crippen molar-refractivity contribution in [1.82, 2.24) is 14.7 Å². The van der Waals surface area contributed by atoms with Gasteiger partial charge in [-0.1, -0.05) is 6.92 Å². The zero-order valence-electron chi connectivity index (χ0n) is 17.7. The first-order chi connectivity index (χ1) is 12.3. The summed E-state index contributed by atoms with van der Waals surface area (Å²) in [7, 11) is 6.96. The molecule has 0 bridgehead atoms. The van der Waals surface area contributed by atoms with Gasteiger partial charge in [0.05, 0.1) is 5.60 Å². The van der Waals surface area contributed by atoms with E-state index >= 15 is 0 Å². The van der Waals surface area contributed by atoms with Crippen molar-refractivity contribution in [2.24, 2.45) is 5.73 Å². The Kier molecular flexibility index (Phi) is 10.9. The van der Waals surface area contributed by atoms with Crippen LogP contribution in [0, 0.1) is 0 Å². The Balaban J connectivity index is 5.48. The Labute approximate surface area is 167 Å². The molecular formula is C18H36N4O4S. The Hall–Kier alpha value is -1.32. The van der Waals surface area contributed by atoms with Gasteiger partial charge in [-0.15, -0.1) is 11.8 Å². The summed E-state index contributed by atoms with van der Waals surface area (Å²) >= 11 is 1.35. The molecule has 0 aromatic heterocycles. The maximum Gasteiger partial charge on any atom is 0.256 e. The maximum absolute atomic E-state index is 13.1. The number of nitrogens with two attached hydrogens (primary N) is 1. The molecule has 0 aromatic rings. The van der Waals surface area contributed by atoms with Crippen molar-refractivity contribution in [2.45, 2.75) is 57.1 Å². The van der Waals surface area contributed by atoms with Gasteiger partial charge in [0, 0.05) is 39.2 Å². The summed E-state index contributed by atoms with van der Waals surface area (Å²) in [6.45, 7) is 5.76. The lowest BCUT2D eigenvalue weighted by molar-refractivity contribution is -0.145. The van der Waals surface area contributed by atoms with Crippen LogP contribution in [0.15, 0.2) is 0 Å². The summed E-state index contributed by atoms with van der Waals surface area (Å²) in [4.78, 5) is 42.0. The summed E-state index contributed by atoms with van der Waals surface area (Å²) in [6, 6.07) is -0.955. The van der Waals surface area contributed by atoms with E-state index in [1.165, 1.54) is 28.6 Å². The molecule has 3 amide bonds. The zero-order chi connectivity index (χ0) is 21.4. The molecule has 0 fully saturated rings. The number of thioether (sulfide) groups is 1. The van der Waals surface area contributed by atoms with Crippen LogP contribution in [0.25, 0.3) is 0 Å². The highest BCUT2D eigenvalue weighted by Crippen LogP contribution is 2.22.